The second kappa shape index (κ2) is 8.92. The minimum Gasteiger partial charge on any atom is -0.318 e. The van der Waals surface area contributed by atoms with E-state index in [2.05, 4.69) is 11.7 Å². The predicted octanol–water partition coefficient (Wildman–Crippen LogP) is 4.41. The first-order chi connectivity index (χ1) is 10.3. The van der Waals surface area contributed by atoms with Gasteiger partial charge < -0.3 is 9.05 Å². The zero-order valence-corrected chi connectivity index (χ0v) is 15.4. The van der Waals surface area contributed by atoms with Crippen molar-refractivity contribution in [3.8, 4) is 0 Å². The third kappa shape index (κ3) is 5.58. The average Bonchev–Trinajstić information content (AvgIpc) is 2.45. The fourth-order valence-corrected chi connectivity index (χ4v) is 4.42. The molecule has 1 unspecified atom stereocenters. The first kappa shape index (κ1) is 19.5. The number of nitrogens with one attached hydrogen (secondary N) is 1. The lowest BCUT2D eigenvalue weighted by atomic mass is 9.98. The molecule has 0 heterocycles. The maximum atomic E-state index is 11.8. The van der Waals surface area contributed by atoms with E-state index in [4.69, 9.17) is 32.5 Å². The molecule has 0 aliphatic heterocycles. The van der Waals surface area contributed by atoms with Crippen LogP contribution in [0, 0.1) is 0 Å². The first-order valence-corrected chi connectivity index (χ1v) is 9.96. The Morgan fingerprint density at radius 1 is 1.32 bits per heavy atom. The number of rotatable bonds is 9. The number of hydrogen-bond donors (Lipinski definition) is 1. The monoisotopic (exact) mass is 361 g/mol. The number of halogens is 1. The van der Waals surface area contributed by atoms with Gasteiger partial charge in [0.15, 0.2) is 5.78 Å². The van der Waals surface area contributed by atoms with Crippen molar-refractivity contribution in [3.63, 3.8) is 0 Å². The summed E-state index contributed by atoms with van der Waals surface area (Å²) in [5.74, 6) is -0.123. The number of ketones is 1. The third-order valence-corrected chi connectivity index (χ3v) is 5.86. The van der Waals surface area contributed by atoms with Gasteiger partial charge in [-0.25, -0.2) is 5.09 Å². The van der Waals surface area contributed by atoms with Gasteiger partial charge in [-0.15, -0.1) is 0 Å². The highest BCUT2D eigenvalue weighted by atomic mass is 35.5. The molecule has 0 amide bonds. The van der Waals surface area contributed by atoms with Crippen LogP contribution in [-0.2, 0) is 25.6 Å². The van der Waals surface area contributed by atoms with Gasteiger partial charge in [0.2, 0.25) is 0 Å². The number of hydrogen-bond acceptors (Lipinski definition) is 4. The van der Waals surface area contributed by atoms with Crippen LogP contribution in [-0.4, -0.2) is 19.0 Å². The van der Waals surface area contributed by atoms with Crippen molar-refractivity contribution in [2.45, 2.75) is 26.8 Å². The van der Waals surface area contributed by atoms with E-state index < -0.39 is 12.7 Å². The van der Waals surface area contributed by atoms with Gasteiger partial charge >= 0.3 is 0 Å². The fourth-order valence-electron chi connectivity index (χ4n) is 1.82. The average molecular weight is 362 g/mol. The molecule has 0 saturated heterocycles. The quantitative estimate of drug-likeness (QED) is 0.521. The molecule has 0 aliphatic rings. The first-order valence-electron chi connectivity index (χ1n) is 6.95. The van der Waals surface area contributed by atoms with Crippen LogP contribution in [0.15, 0.2) is 36.4 Å². The highest BCUT2D eigenvalue weighted by Crippen LogP contribution is 2.47. The zero-order valence-electron chi connectivity index (χ0n) is 13.0. The highest BCUT2D eigenvalue weighted by molar-refractivity contribution is 8.09. The number of Topliss-reactive ketones (excluding diaryl/α,β-unsaturated/α-hetero) is 1. The van der Waals surface area contributed by atoms with E-state index in [0.717, 1.165) is 5.56 Å². The molecule has 0 bridgehead atoms. The van der Waals surface area contributed by atoms with Crippen molar-refractivity contribution in [2.75, 3.05) is 13.2 Å². The normalized spacial score (nSPS) is 12.9. The molecule has 4 nitrogen and oxygen atoms in total. The largest absolute Gasteiger partial charge is 0.318 e. The molecular weight excluding hydrogens is 341 g/mol. The third-order valence-electron chi connectivity index (χ3n) is 2.89. The topological polar surface area (TPSA) is 47.6 Å². The van der Waals surface area contributed by atoms with E-state index >= 15 is 0 Å². The van der Waals surface area contributed by atoms with Gasteiger partial charge in [0.05, 0.1) is 19.3 Å². The summed E-state index contributed by atoms with van der Waals surface area (Å²) in [4.78, 5) is 11.8. The summed E-state index contributed by atoms with van der Waals surface area (Å²) >= 11 is 11.4. The molecule has 22 heavy (non-hydrogen) atoms. The van der Waals surface area contributed by atoms with E-state index in [1.165, 1.54) is 6.92 Å². The van der Waals surface area contributed by atoms with Crippen LogP contribution in [0.4, 0.5) is 0 Å². The number of carbonyl (C=O) groups excluding carboxylic acids is 1. The molecule has 122 valence electrons. The Morgan fingerprint density at radius 3 is 2.23 bits per heavy atom. The van der Waals surface area contributed by atoms with Crippen molar-refractivity contribution >= 4 is 35.8 Å². The maximum Gasteiger partial charge on any atom is 0.262 e. The molecule has 0 spiro atoms. The highest BCUT2D eigenvalue weighted by Gasteiger charge is 2.27. The van der Waals surface area contributed by atoms with E-state index in [1.54, 1.807) is 12.1 Å². The Labute approximate surface area is 142 Å². The lowest BCUT2D eigenvalue weighted by molar-refractivity contribution is -0.113. The van der Waals surface area contributed by atoms with Gasteiger partial charge in [-0.3, -0.25) is 4.79 Å². The molecule has 1 rings (SSSR count). The lowest BCUT2D eigenvalue weighted by Gasteiger charge is -2.28. The van der Waals surface area contributed by atoms with E-state index in [9.17, 15) is 4.79 Å². The molecule has 1 N–H and O–H groups in total. The van der Waals surface area contributed by atoms with Crippen molar-refractivity contribution < 1.29 is 13.8 Å². The zero-order chi connectivity index (χ0) is 16.8. The van der Waals surface area contributed by atoms with Gasteiger partial charge in [-0.1, -0.05) is 30.3 Å². The van der Waals surface area contributed by atoms with Crippen molar-refractivity contribution in [1.29, 1.82) is 0 Å². The van der Waals surface area contributed by atoms with Crippen molar-refractivity contribution in [1.82, 2.24) is 5.09 Å². The molecule has 0 saturated carbocycles. The summed E-state index contributed by atoms with van der Waals surface area (Å²) < 4.78 is 11.2. The lowest BCUT2D eigenvalue weighted by Crippen LogP contribution is -2.25. The van der Waals surface area contributed by atoms with Crippen molar-refractivity contribution in [2.24, 2.45) is 0 Å². The molecule has 1 aromatic rings. The fraction of sp³-hybridized carbons (Fsp3) is 0.400. The smallest absolute Gasteiger partial charge is 0.262 e. The maximum absolute atomic E-state index is 11.8. The predicted molar refractivity (Wildman–Crippen MR) is 94.7 cm³/mol. The molecule has 0 fully saturated rings. The van der Waals surface area contributed by atoms with Crippen LogP contribution in [0.2, 0.25) is 5.02 Å². The standard InChI is InChI=1S/C15H21ClNO3PS/c1-5-19-21(22,20-6-2)17-15(11(3)12(4)18)13-7-9-14(16)10-8-13/h7-10,15H,3,5-6H2,1-2,4H3,(H,17,22). The minimum atomic E-state index is -2.71. The van der Waals surface area contributed by atoms with Gasteiger partial charge in [0.25, 0.3) is 6.64 Å². The Bertz CT molecular complexity index is 567. The number of carbonyl (C=O) groups is 1. The SMILES string of the molecule is C=C(C(C)=O)C(NP(=S)(OCC)OCC)c1ccc(Cl)cc1. The van der Waals surface area contributed by atoms with Crippen LogP contribution in [0.25, 0.3) is 0 Å². The second-order valence-electron chi connectivity index (χ2n) is 4.53. The summed E-state index contributed by atoms with van der Waals surface area (Å²) in [6.07, 6.45) is 0. The van der Waals surface area contributed by atoms with E-state index in [0.29, 0.717) is 23.8 Å². The molecule has 0 aromatic heterocycles. The summed E-state index contributed by atoms with van der Waals surface area (Å²) in [7, 11) is 0. The van der Waals surface area contributed by atoms with Crippen LogP contribution in [0.5, 0.6) is 0 Å². The minimum absolute atomic E-state index is 0.123. The van der Waals surface area contributed by atoms with Crippen molar-refractivity contribution in [3.05, 3.63) is 47.0 Å². The summed E-state index contributed by atoms with van der Waals surface area (Å²) in [5, 5.41) is 3.78. The van der Waals surface area contributed by atoms with Crippen LogP contribution in [0.1, 0.15) is 32.4 Å². The Morgan fingerprint density at radius 2 is 1.82 bits per heavy atom. The molecule has 1 atom stereocenters. The Kier molecular flexibility index (Phi) is 7.90. The van der Waals surface area contributed by atoms with Gasteiger partial charge in [-0.2, -0.15) is 0 Å². The van der Waals surface area contributed by atoms with E-state index in [1.807, 2.05) is 26.0 Å². The molecule has 7 heteroatoms. The Balaban J connectivity index is 3.15. The Hall–Kier alpha value is -0.550. The van der Waals surface area contributed by atoms with Gasteiger partial charge in [0.1, 0.15) is 0 Å². The molecule has 0 aliphatic carbocycles. The number of benzene rings is 1. The summed E-state index contributed by atoms with van der Waals surface area (Å²) in [6.45, 7) is 7.17. The summed E-state index contributed by atoms with van der Waals surface area (Å²) in [6, 6.07) is 6.68. The van der Waals surface area contributed by atoms with E-state index in [-0.39, 0.29) is 5.78 Å². The van der Waals surface area contributed by atoms with Gasteiger partial charge in [0, 0.05) is 10.6 Å². The van der Waals surface area contributed by atoms with Crippen LogP contribution < -0.4 is 5.09 Å². The molecule has 0 radical (unpaired) electrons. The molecular formula is C15H21ClNO3PS. The summed E-state index contributed by atoms with van der Waals surface area (Å²) in [5.41, 5.74) is 1.23. The second-order valence-corrected chi connectivity index (χ2v) is 8.18. The van der Waals surface area contributed by atoms with Crippen LogP contribution in [0.3, 0.4) is 0 Å². The van der Waals surface area contributed by atoms with Gasteiger partial charge in [-0.05, 0) is 50.3 Å². The molecule has 1 aromatic carbocycles. The van der Waals surface area contributed by atoms with Crippen LogP contribution >= 0.6 is 18.2 Å².